The Kier molecular flexibility index (Phi) is 8.68. The van der Waals surface area contributed by atoms with Crippen LogP contribution in [0, 0.1) is 5.82 Å². The first-order chi connectivity index (χ1) is 17.0. The van der Waals surface area contributed by atoms with E-state index in [1.807, 2.05) is 4.90 Å². The molecule has 1 saturated carbocycles. The molecular weight excluding hydrogens is 449 g/mol. The number of ether oxygens (including phenoxy) is 1. The zero-order chi connectivity index (χ0) is 24.6. The Bertz CT molecular complexity index is 990. The molecule has 35 heavy (non-hydrogen) atoms. The molecule has 0 spiro atoms. The number of methoxy groups -OCH3 is 1. The van der Waals surface area contributed by atoms with Gasteiger partial charge in [-0.15, -0.1) is 0 Å². The van der Waals surface area contributed by atoms with E-state index in [4.69, 9.17) is 4.74 Å². The predicted octanol–water partition coefficient (Wildman–Crippen LogP) is 4.00. The molecule has 190 valence electrons. The van der Waals surface area contributed by atoms with Gasteiger partial charge in [0.2, 0.25) is 17.8 Å². The van der Waals surface area contributed by atoms with Crippen LogP contribution in [0.2, 0.25) is 0 Å². The first-order valence-corrected chi connectivity index (χ1v) is 12.6. The van der Waals surface area contributed by atoms with Gasteiger partial charge in [0, 0.05) is 43.9 Å². The van der Waals surface area contributed by atoms with Crippen molar-refractivity contribution in [2.24, 2.45) is 0 Å². The van der Waals surface area contributed by atoms with Crippen molar-refractivity contribution in [3.63, 3.8) is 0 Å². The molecule has 2 aliphatic rings. The van der Waals surface area contributed by atoms with Crippen LogP contribution in [-0.4, -0.2) is 58.0 Å². The number of carbonyl (C=O) groups is 1. The number of nitrogens with zero attached hydrogens (tertiary/aromatic N) is 4. The van der Waals surface area contributed by atoms with Gasteiger partial charge in [-0.3, -0.25) is 4.79 Å². The molecule has 0 bridgehead atoms. The fraction of sp³-hybridized carbons (Fsp3) is 0.600. The molecule has 0 radical (unpaired) electrons. The van der Waals surface area contributed by atoms with E-state index in [0.29, 0.717) is 42.0 Å². The van der Waals surface area contributed by atoms with Gasteiger partial charge in [-0.2, -0.15) is 15.0 Å². The number of anilines is 3. The van der Waals surface area contributed by atoms with Crippen molar-refractivity contribution < 1.29 is 13.9 Å². The van der Waals surface area contributed by atoms with E-state index in [-0.39, 0.29) is 11.7 Å². The number of piperidine rings is 1. The van der Waals surface area contributed by atoms with Crippen molar-refractivity contribution in [2.75, 3.05) is 30.8 Å². The molecule has 1 aliphatic heterocycles. The highest BCUT2D eigenvalue weighted by atomic mass is 19.1. The molecule has 1 aromatic carbocycles. The average molecular weight is 486 g/mol. The van der Waals surface area contributed by atoms with Crippen LogP contribution in [0.1, 0.15) is 64.1 Å². The summed E-state index contributed by atoms with van der Waals surface area (Å²) in [6, 6.07) is 5.29. The van der Waals surface area contributed by atoms with Crippen molar-refractivity contribution in [3.8, 4) is 5.75 Å². The fourth-order valence-electron chi connectivity index (χ4n) is 4.73. The maximum absolute atomic E-state index is 14.2. The minimum Gasteiger partial charge on any atom is -0.494 e. The molecule has 0 atom stereocenters. The topological polar surface area (TPSA) is 104 Å². The second-order valence-corrected chi connectivity index (χ2v) is 9.37. The normalized spacial score (nSPS) is 17.6. The van der Waals surface area contributed by atoms with E-state index >= 15 is 0 Å². The summed E-state index contributed by atoms with van der Waals surface area (Å²) in [5, 5.41) is 10.1. The molecule has 1 amide bonds. The summed E-state index contributed by atoms with van der Waals surface area (Å²) in [5.74, 6) is 1.36. The molecule has 4 rings (SSSR count). The quantitative estimate of drug-likeness (QED) is 0.482. The molecule has 9 nitrogen and oxygen atoms in total. The second kappa shape index (κ2) is 12.1. The van der Waals surface area contributed by atoms with Crippen LogP contribution in [-0.2, 0) is 11.3 Å². The third-order valence-corrected chi connectivity index (χ3v) is 6.77. The lowest BCUT2D eigenvalue weighted by Gasteiger charge is -2.31. The number of rotatable bonds is 8. The summed E-state index contributed by atoms with van der Waals surface area (Å²) in [5.41, 5.74) is 0.533. The second-order valence-electron chi connectivity index (χ2n) is 9.37. The maximum atomic E-state index is 14.2. The van der Waals surface area contributed by atoms with Crippen LogP contribution < -0.4 is 20.7 Å². The number of halogens is 1. The summed E-state index contributed by atoms with van der Waals surface area (Å²) in [7, 11) is 1.44. The molecule has 2 heterocycles. The van der Waals surface area contributed by atoms with Crippen LogP contribution in [0.4, 0.5) is 22.0 Å². The Morgan fingerprint density at radius 3 is 2.40 bits per heavy atom. The standard InChI is InChI=1S/C25H36FN7O2/c1-17(34)33-13-11-18(12-14-33)27-16-23-30-24(28-19-7-5-3-4-6-8-19)32-25(31-23)29-20-9-10-22(35-2)21(26)15-20/h9-10,15,18-19,27H,3-8,11-14,16H2,1-2H3,(H2,28,29,30,31,32). The highest BCUT2D eigenvalue weighted by molar-refractivity contribution is 5.73. The zero-order valence-corrected chi connectivity index (χ0v) is 20.6. The zero-order valence-electron chi connectivity index (χ0n) is 20.6. The van der Waals surface area contributed by atoms with Crippen molar-refractivity contribution in [1.82, 2.24) is 25.2 Å². The minimum absolute atomic E-state index is 0.126. The highest BCUT2D eigenvalue weighted by Crippen LogP contribution is 2.24. The molecule has 2 aromatic rings. The molecule has 1 saturated heterocycles. The van der Waals surface area contributed by atoms with Crippen LogP contribution in [0.25, 0.3) is 0 Å². The smallest absolute Gasteiger partial charge is 0.232 e. The van der Waals surface area contributed by atoms with Gasteiger partial charge in [-0.05, 0) is 37.8 Å². The van der Waals surface area contributed by atoms with Gasteiger partial charge in [0.05, 0.1) is 13.7 Å². The van der Waals surface area contributed by atoms with Crippen molar-refractivity contribution in [3.05, 3.63) is 29.8 Å². The first-order valence-electron chi connectivity index (χ1n) is 12.6. The number of nitrogens with one attached hydrogen (secondary N) is 3. The maximum Gasteiger partial charge on any atom is 0.232 e. The first kappa shape index (κ1) is 25.1. The van der Waals surface area contributed by atoms with Crippen LogP contribution in [0.15, 0.2) is 18.2 Å². The molecular formula is C25H36FN7O2. The third-order valence-electron chi connectivity index (χ3n) is 6.77. The number of hydrogen-bond donors (Lipinski definition) is 3. The lowest BCUT2D eigenvalue weighted by Crippen LogP contribution is -2.44. The highest BCUT2D eigenvalue weighted by Gasteiger charge is 2.21. The van der Waals surface area contributed by atoms with Gasteiger partial charge in [0.15, 0.2) is 11.6 Å². The van der Waals surface area contributed by atoms with Crippen molar-refractivity contribution >= 4 is 23.5 Å². The molecule has 2 fully saturated rings. The Balaban J connectivity index is 1.47. The monoisotopic (exact) mass is 485 g/mol. The van der Waals surface area contributed by atoms with Gasteiger partial charge in [0.25, 0.3) is 0 Å². The van der Waals surface area contributed by atoms with Crippen molar-refractivity contribution in [2.45, 2.75) is 76.9 Å². The SMILES string of the molecule is COc1ccc(Nc2nc(CNC3CCN(C(C)=O)CC3)nc(NC3CCCCCC3)n2)cc1F. The van der Waals surface area contributed by atoms with E-state index < -0.39 is 5.82 Å². The fourth-order valence-corrected chi connectivity index (χ4v) is 4.73. The van der Waals surface area contributed by atoms with E-state index in [9.17, 15) is 9.18 Å². The largest absolute Gasteiger partial charge is 0.494 e. The van der Waals surface area contributed by atoms with Crippen LogP contribution in [0.3, 0.4) is 0 Å². The van der Waals surface area contributed by atoms with Gasteiger partial charge < -0.3 is 25.6 Å². The summed E-state index contributed by atoms with van der Waals surface area (Å²) < 4.78 is 19.2. The number of amides is 1. The Labute approximate surface area is 206 Å². The van der Waals surface area contributed by atoms with Crippen molar-refractivity contribution in [1.29, 1.82) is 0 Å². The molecule has 1 aliphatic carbocycles. The molecule has 10 heteroatoms. The summed E-state index contributed by atoms with van der Waals surface area (Å²) in [4.78, 5) is 27.3. The van der Waals surface area contributed by atoms with Gasteiger partial charge >= 0.3 is 0 Å². The summed E-state index contributed by atoms with van der Waals surface area (Å²) >= 11 is 0. The molecule has 3 N–H and O–H groups in total. The minimum atomic E-state index is -0.456. The van der Waals surface area contributed by atoms with Gasteiger partial charge in [-0.1, -0.05) is 25.7 Å². The Morgan fingerprint density at radius 2 is 1.74 bits per heavy atom. The van der Waals surface area contributed by atoms with E-state index in [1.54, 1.807) is 19.1 Å². The lowest BCUT2D eigenvalue weighted by atomic mass is 10.1. The number of carbonyl (C=O) groups excluding carboxylic acids is 1. The van der Waals surface area contributed by atoms with Crippen LogP contribution >= 0.6 is 0 Å². The average Bonchev–Trinajstić information content (AvgIpc) is 3.12. The predicted molar refractivity (Wildman–Crippen MR) is 133 cm³/mol. The van der Waals surface area contributed by atoms with E-state index in [2.05, 4.69) is 30.9 Å². The molecule has 0 unspecified atom stereocenters. The number of aromatic nitrogens is 3. The summed E-state index contributed by atoms with van der Waals surface area (Å²) in [6.07, 6.45) is 8.92. The number of benzene rings is 1. The number of hydrogen-bond acceptors (Lipinski definition) is 8. The van der Waals surface area contributed by atoms with Gasteiger partial charge in [-0.25, -0.2) is 4.39 Å². The Morgan fingerprint density at radius 1 is 1.03 bits per heavy atom. The Hall–Kier alpha value is -3.01. The van der Waals surface area contributed by atoms with E-state index in [1.165, 1.54) is 38.9 Å². The summed E-state index contributed by atoms with van der Waals surface area (Å²) in [6.45, 7) is 3.62. The third kappa shape index (κ3) is 7.24. The number of likely N-dealkylation sites (tertiary alicyclic amines) is 1. The van der Waals surface area contributed by atoms with Gasteiger partial charge in [0.1, 0.15) is 5.82 Å². The van der Waals surface area contributed by atoms with Crippen LogP contribution in [0.5, 0.6) is 5.75 Å². The molecule has 1 aromatic heterocycles. The van der Waals surface area contributed by atoms with E-state index in [0.717, 1.165) is 38.8 Å². The lowest BCUT2D eigenvalue weighted by molar-refractivity contribution is -0.129.